The minimum absolute atomic E-state index is 0.00158. The summed E-state index contributed by atoms with van der Waals surface area (Å²) in [7, 11) is 0. The zero-order valence-electron chi connectivity index (χ0n) is 50.1. The lowest BCUT2D eigenvalue weighted by Gasteiger charge is -2.35. The third kappa shape index (κ3) is 8.63. The van der Waals surface area contributed by atoms with Gasteiger partial charge in [0.15, 0.2) is 0 Å². The number of nitrogens with one attached hydrogen (secondary N) is 2. The normalized spacial score (nSPS) is 26.1. The molecule has 2 aliphatic carbocycles. The second-order valence-electron chi connectivity index (χ2n) is 24.3. The van der Waals surface area contributed by atoms with Gasteiger partial charge in [-0.15, -0.1) is 0 Å². The van der Waals surface area contributed by atoms with Crippen LogP contribution in [0.3, 0.4) is 0 Å². The van der Waals surface area contributed by atoms with E-state index in [-0.39, 0.29) is 35.5 Å². The number of allylic oxidation sites excluding steroid dienone is 24. The number of hydrogen-bond acceptors (Lipinski definition) is 12. The Morgan fingerprint density at radius 2 is 0.905 bits per heavy atom. The van der Waals surface area contributed by atoms with Crippen LogP contribution in [0.4, 0.5) is 0 Å². The van der Waals surface area contributed by atoms with Crippen molar-refractivity contribution < 1.29 is 19.8 Å². The highest BCUT2D eigenvalue weighted by atomic mass is 16.3. The monoisotopic (exact) mass is 1120 g/mol. The Balaban J connectivity index is 0.727. The van der Waals surface area contributed by atoms with Gasteiger partial charge in [0.1, 0.15) is 11.5 Å². The third-order valence-electron chi connectivity index (χ3n) is 19.9. The molecule has 11 aliphatic heterocycles. The second-order valence-corrected chi connectivity index (χ2v) is 24.3. The van der Waals surface area contributed by atoms with E-state index in [1.165, 1.54) is 0 Å². The van der Waals surface area contributed by atoms with Crippen LogP contribution in [-0.2, 0) is 9.59 Å². The van der Waals surface area contributed by atoms with Crippen LogP contribution in [0.5, 0.6) is 0 Å². The summed E-state index contributed by atoms with van der Waals surface area (Å²) in [6, 6.07) is 0. The van der Waals surface area contributed by atoms with Crippen LogP contribution in [0.15, 0.2) is 238 Å². The molecule has 11 heterocycles. The molecular weight excluding hydrogens is 1040 g/mol. The molecule has 4 N–H and O–H groups in total. The minimum Gasteiger partial charge on any atom is -0.511 e. The fraction of sp³-hybridized carbons (Fsp3) is 0.371. The van der Waals surface area contributed by atoms with Gasteiger partial charge >= 0.3 is 0 Å². The Hall–Kier alpha value is -8.52. The van der Waals surface area contributed by atoms with E-state index in [1.54, 1.807) is 0 Å². The lowest BCUT2D eigenvalue weighted by Crippen LogP contribution is -2.50. The van der Waals surface area contributed by atoms with E-state index < -0.39 is 0 Å². The van der Waals surface area contributed by atoms with E-state index in [4.69, 9.17) is 30.0 Å². The number of piperazine rings is 1. The number of aliphatic imine (C=N–C) groups is 6. The SMILES string of the molecule is C=CC1=C(C)C2=NC1=CC1=NC(=CC3=C(C)C4=C(O)CC(=C5NC(=C2)[C@@H](C)[C@@H]5CCC(=O)N2CCN(C(=O)CC[C@@H]5C6=C7CC(O)=C8C7=NC(=C8C)C=C7N=C(C=C8N=C(C=C(N6)[C@H]5C)C(C)=C8C=C)C(C)=C7CC)CC2)C4=N3)C(CC)=C1C. The molecule has 13 rings (SSSR count). The van der Waals surface area contributed by atoms with Crippen LogP contribution in [-0.4, -0.2) is 92.3 Å². The van der Waals surface area contributed by atoms with Gasteiger partial charge in [0.05, 0.1) is 68.5 Å². The van der Waals surface area contributed by atoms with Crippen molar-refractivity contribution in [3.05, 3.63) is 208 Å². The first kappa shape index (κ1) is 54.7. The summed E-state index contributed by atoms with van der Waals surface area (Å²) < 4.78 is 0. The summed E-state index contributed by atoms with van der Waals surface area (Å²) >= 11 is 0. The van der Waals surface area contributed by atoms with Crippen molar-refractivity contribution in [2.24, 2.45) is 53.6 Å². The van der Waals surface area contributed by atoms with E-state index in [9.17, 15) is 19.8 Å². The largest absolute Gasteiger partial charge is 0.511 e. The van der Waals surface area contributed by atoms with Crippen molar-refractivity contribution >= 4 is 46.1 Å². The molecule has 0 unspecified atom stereocenters. The maximum Gasteiger partial charge on any atom is 0.222 e. The summed E-state index contributed by atoms with van der Waals surface area (Å²) in [5.74, 6) is 0.614. The zero-order valence-corrected chi connectivity index (χ0v) is 50.1. The first-order valence-corrected chi connectivity index (χ1v) is 30.1. The van der Waals surface area contributed by atoms with E-state index in [0.717, 1.165) is 182 Å². The molecule has 14 nitrogen and oxygen atoms in total. The van der Waals surface area contributed by atoms with E-state index in [1.807, 2.05) is 35.8 Å². The summed E-state index contributed by atoms with van der Waals surface area (Å²) in [5.41, 5.74) is 27.8. The number of aliphatic hydroxyl groups excluding tert-OH is 2. The van der Waals surface area contributed by atoms with Gasteiger partial charge in [-0.1, -0.05) is 53.0 Å². The number of hydrogen-bond donors (Lipinski definition) is 4. The van der Waals surface area contributed by atoms with Crippen LogP contribution in [0.2, 0.25) is 0 Å². The summed E-state index contributed by atoms with van der Waals surface area (Å²) in [6.45, 7) is 31.4. The molecule has 3 fully saturated rings. The fourth-order valence-corrected chi connectivity index (χ4v) is 14.8. The average molecular weight is 1120 g/mol. The fourth-order valence-electron chi connectivity index (χ4n) is 14.8. The molecule has 13 aliphatic rings. The molecule has 0 aromatic carbocycles. The Labute approximate surface area is 492 Å². The van der Waals surface area contributed by atoms with Crippen molar-refractivity contribution in [3.63, 3.8) is 0 Å². The summed E-state index contributed by atoms with van der Waals surface area (Å²) in [5, 5.41) is 31.0. The lowest BCUT2D eigenvalue weighted by atomic mass is 9.86. The van der Waals surface area contributed by atoms with Crippen LogP contribution in [0.1, 0.15) is 121 Å². The van der Waals surface area contributed by atoms with E-state index >= 15 is 0 Å². The number of rotatable bonds is 10. The topological polar surface area (TPSA) is 179 Å². The molecule has 2 amide bonds. The second kappa shape index (κ2) is 20.7. The van der Waals surface area contributed by atoms with Crippen LogP contribution < -0.4 is 10.6 Å². The van der Waals surface area contributed by atoms with Gasteiger partial charge < -0.3 is 30.6 Å². The van der Waals surface area contributed by atoms with Crippen LogP contribution in [0.25, 0.3) is 0 Å². The van der Waals surface area contributed by atoms with Crippen molar-refractivity contribution in [1.29, 1.82) is 0 Å². The number of carbonyl (C=O) groups is 2. The van der Waals surface area contributed by atoms with E-state index in [2.05, 4.69) is 116 Å². The van der Waals surface area contributed by atoms with Gasteiger partial charge in [0.2, 0.25) is 11.8 Å². The predicted molar refractivity (Wildman–Crippen MR) is 336 cm³/mol. The van der Waals surface area contributed by atoms with Crippen LogP contribution >= 0.6 is 0 Å². The van der Waals surface area contributed by atoms with E-state index in [0.29, 0.717) is 76.2 Å². The van der Waals surface area contributed by atoms with Crippen LogP contribution in [0, 0.1) is 23.7 Å². The first-order valence-electron chi connectivity index (χ1n) is 30.1. The smallest absolute Gasteiger partial charge is 0.222 e. The average Bonchev–Trinajstić information content (AvgIpc) is 4.05. The summed E-state index contributed by atoms with van der Waals surface area (Å²) in [4.78, 5) is 63.8. The van der Waals surface area contributed by atoms with Gasteiger partial charge in [-0.2, -0.15) is 0 Å². The number of carbonyl (C=O) groups excluding carboxylic acids is 2. The van der Waals surface area contributed by atoms with Gasteiger partial charge in [0, 0.05) is 132 Å². The quantitative estimate of drug-likeness (QED) is 0.169. The molecular formula is C70H74N10O4. The minimum atomic E-state index is -0.0640. The Morgan fingerprint density at radius 1 is 0.536 bits per heavy atom. The molecule has 428 valence electrons. The van der Waals surface area contributed by atoms with Gasteiger partial charge in [-0.25, -0.2) is 30.0 Å². The van der Waals surface area contributed by atoms with Crippen molar-refractivity contribution in [3.8, 4) is 0 Å². The predicted octanol–water partition coefficient (Wildman–Crippen LogP) is 12.9. The molecule has 0 saturated carbocycles. The Bertz CT molecular complexity index is 3730. The zero-order chi connectivity index (χ0) is 58.9. The van der Waals surface area contributed by atoms with Crippen molar-refractivity contribution in [2.45, 2.75) is 121 Å². The molecule has 0 aromatic rings. The van der Waals surface area contributed by atoms with Gasteiger partial charge in [0.25, 0.3) is 0 Å². The molecule has 16 bridgehead atoms. The van der Waals surface area contributed by atoms with Gasteiger partial charge in [-0.3, -0.25) is 9.59 Å². The van der Waals surface area contributed by atoms with Gasteiger partial charge in [-0.05, 0) is 148 Å². The Kier molecular flexibility index (Phi) is 13.5. The molecule has 0 radical (unpaired) electrons. The number of amides is 2. The number of aliphatic hydroxyl groups is 2. The molecule has 0 aromatic heterocycles. The first-order chi connectivity index (χ1) is 40.4. The number of nitrogens with zero attached hydrogens (tertiary/aromatic N) is 8. The standard InChI is InChI=1S/C70H74N10O4/c1-13-41-33(5)49-27-53-37(9)45(67(75-53)47-25-61(81)65-39(11)55(77-69(47)65)31-59-43(15-3)35(7)51(73-59)29-57(41)71-49)17-19-63(83)79-21-23-80(24-22-79)64(84)20-18-46-38(10)54-28-50-34(6)42(14-2)58(72-50)30-52-36(8)44(16-4)60(74-52)32-56-40(12)66-62(82)26-48(68(46)76-54)70(66)78-56/h13-14,27-32,37-38,45-46,75-76,81-82H,1-2,15-26H2,3-12H3/t37-,38-,45-,46-/m0/s1. The van der Waals surface area contributed by atoms with Crippen molar-refractivity contribution in [1.82, 2.24) is 20.4 Å². The molecule has 0 spiro atoms. The molecule has 14 heteroatoms. The molecule has 4 atom stereocenters. The lowest BCUT2D eigenvalue weighted by molar-refractivity contribution is -0.139. The number of fused-ring (bicyclic) bond motifs is 10. The summed E-state index contributed by atoms with van der Waals surface area (Å²) in [6.07, 6.45) is 20.4. The third-order valence-corrected chi connectivity index (χ3v) is 19.9. The van der Waals surface area contributed by atoms with Crippen molar-refractivity contribution in [2.75, 3.05) is 26.2 Å². The maximum absolute atomic E-state index is 14.4. The maximum atomic E-state index is 14.4. The highest BCUT2D eigenvalue weighted by Gasteiger charge is 2.44. The molecule has 3 saturated heterocycles. The molecule has 84 heavy (non-hydrogen) atoms. The highest BCUT2D eigenvalue weighted by molar-refractivity contribution is 6.23. The highest BCUT2D eigenvalue weighted by Crippen LogP contribution is 2.49. The Morgan fingerprint density at radius 3 is 1.27 bits per heavy atom.